The number of nitrogens with one attached hydrogen (secondary N) is 1. The van der Waals surface area contributed by atoms with Gasteiger partial charge in [0.2, 0.25) is 10.0 Å². The normalized spacial score (nSPS) is 13.8. The molecule has 0 aliphatic heterocycles. The molecule has 0 saturated heterocycles. The molecule has 30 heavy (non-hydrogen) atoms. The van der Waals surface area contributed by atoms with Gasteiger partial charge in [-0.15, -0.1) is 11.3 Å². The molecule has 1 rings (SSSR count). The smallest absolute Gasteiger partial charge is 0.404 e. The number of esters is 1. The molecule has 0 amide bonds. The zero-order valence-electron chi connectivity index (χ0n) is 16.9. The first-order valence-corrected chi connectivity index (χ1v) is 11.6. The summed E-state index contributed by atoms with van der Waals surface area (Å²) in [7, 11) is -4.80. The second-order valence-electron chi connectivity index (χ2n) is 7.75. The van der Waals surface area contributed by atoms with E-state index in [9.17, 15) is 31.2 Å². The summed E-state index contributed by atoms with van der Waals surface area (Å²) in [6, 6.07) is 1.92. The summed E-state index contributed by atoms with van der Waals surface area (Å²) in [4.78, 5) is 24.4. The molecule has 0 aromatic carbocycles. The maximum Gasteiger partial charge on any atom is 0.404 e. The predicted molar refractivity (Wildman–Crippen MR) is 106 cm³/mol. The molecular formula is C18H26F3NO6S2. The molecule has 0 radical (unpaired) electrons. The molecule has 7 nitrogen and oxygen atoms in total. The molecule has 12 heteroatoms. The van der Waals surface area contributed by atoms with E-state index in [1.807, 2.05) is 4.72 Å². The molecule has 0 spiro atoms. The van der Waals surface area contributed by atoms with Gasteiger partial charge in [-0.05, 0) is 52.2 Å². The molecule has 1 heterocycles. The minimum absolute atomic E-state index is 0.0555. The minimum Gasteiger partial charge on any atom is -0.481 e. The van der Waals surface area contributed by atoms with E-state index in [1.54, 1.807) is 32.9 Å². The van der Waals surface area contributed by atoms with Crippen LogP contribution in [-0.2, 0) is 37.2 Å². The third-order valence-corrected chi connectivity index (χ3v) is 6.07. The van der Waals surface area contributed by atoms with Crippen molar-refractivity contribution in [3.63, 3.8) is 0 Å². The van der Waals surface area contributed by atoms with Crippen LogP contribution in [0.1, 0.15) is 49.8 Å². The van der Waals surface area contributed by atoms with Crippen LogP contribution in [0.3, 0.4) is 0 Å². The highest BCUT2D eigenvalue weighted by molar-refractivity contribution is 7.89. The number of unbranched alkanes of at least 4 members (excludes halogenated alkanes) is 1. The van der Waals surface area contributed by atoms with Gasteiger partial charge in [-0.25, -0.2) is 13.1 Å². The molecule has 2 N–H and O–H groups in total. The monoisotopic (exact) mass is 473 g/mol. The Bertz CT molecular complexity index is 828. The van der Waals surface area contributed by atoms with Crippen molar-refractivity contribution in [2.75, 3.05) is 5.75 Å². The fourth-order valence-corrected chi connectivity index (χ4v) is 4.70. The second-order valence-corrected chi connectivity index (χ2v) is 10.8. The van der Waals surface area contributed by atoms with E-state index in [4.69, 9.17) is 9.84 Å². The SMILES string of the molecule is CC(C)(C)OC(=O)[C@H](Cc1ccc(CCCCC(=O)O)s1)NS(=O)(=O)CC(F)(F)F. The molecular weight excluding hydrogens is 447 g/mol. The van der Waals surface area contributed by atoms with Gasteiger partial charge in [0.15, 0.2) is 5.75 Å². The van der Waals surface area contributed by atoms with E-state index >= 15 is 0 Å². The number of alkyl halides is 3. The number of carbonyl (C=O) groups excluding carboxylic acids is 1. The summed E-state index contributed by atoms with van der Waals surface area (Å²) in [5.41, 5.74) is -0.949. The fraction of sp³-hybridized carbons (Fsp3) is 0.667. The van der Waals surface area contributed by atoms with Crippen molar-refractivity contribution in [1.29, 1.82) is 0 Å². The van der Waals surface area contributed by atoms with Gasteiger partial charge in [0.1, 0.15) is 11.6 Å². The van der Waals surface area contributed by atoms with Gasteiger partial charge < -0.3 is 9.84 Å². The van der Waals surface area contributed by atoms with Gasteiger partial charge in [0.05, 0.1) is 0 Å². The summed E-state index contributed by atoms with van der Waals surface area (Å²) in [6.45, 7) is 4.69. The standard InChI is InChI=1S/C18H26F3NO6S2/c1-17(2,3)28-16(25)14(22-30(26,27)11-18(19,20)21)10-13-9-8-12(29-13)6-4-5-7-15(23)24/h8-9,14,22H,4-7,10-11H2,1-3H3,(H,23,24)/t14-/m0/s1. The second kappa shape index (κ2) is 10.6. The number of carboxylic acid groups (broad SMARTS) is 1. The largest absolute Gasteiger partial charge is 0.481 e. The summed E-state index contributed by atoms with van der Waals surface area (Å²) >= 11 is 1.28. The number of halogens is 3. The van der Waals surface area contributed by atoms with E-state index in [-0.39, 0.29) is 12.8 Å². The molecule has 1 aromatic rings. The number of rotatable bonds is 11. The molecule has 0 aliphatic rings. The fourth-order valence-electron chi connectivity index (χ4n) is 2.46. The minimum atomic E-state index is -4.95. The van der Waals surface area contributed by atoms with Crippen LogP contribution >= 0.6 is 11.3 Å². The highest BCUT2D eigenvalue weighted by Crippen LogP contribution is 2.23. The first-order valence-electron chi connectivity index (χ1n) is 9.15. The summed E-state index contributed by atoms with van der Waals surface area (Å²) in [6.07, 6.45) is -3.31. The first-order chi connectivity index (χ1) is 13.6. The van der Waals surface area contributed by atoms with Gasteiger partial charge in [-0.2, -0.15) is 13.2 Å². The lowest BCUT2D eigenvalue weighted by atomic mass is 10.1. The molecule has 0 bridgehead atoms. The van der Waals surface area contributed by atoms with Crippen molar-refractivity contribution >= 4 is 33.3 Å². The Labute approximate surface area is 177 Å². The van der Waals surface area contributed by atoms with Crippen molar-refractivity contribution in [1.82, 2.24) is 4.72 Å². The Kier molecular flexibility index (Phi) is 9.30. The molecule has 1 atom stereocenters. The lowest BCUT2D eigenvalue weighted by Crippen LogP contribution is -2.47. The first kappa shape index (κ1) is 26.4. The summed E-state index contributed by atoms with van der Waals surface area (Å²) < 4.78 is 68.3. The van der Waals surface area contributed by atoms with E-state index < -0.39 is 45.5 Å². The lowest BCUT2D eigenvalue weighted by molar-refractivity contribution is -0.157. The summed E-state index contributed by atoms with van der Waals surface area (Å²) in [5.74, 6) is -3.95. The quantitative estimate of drug-likeness (QED) is 0.377. The highest BCUT2D eigenvalue weighted by Gasteiger charge is 2.38. The number of thiophene rings is 1. The number of hydrogen-bond donors (Lipinski definition) is 2. The van der Waals surface area contributed by atoms with Gasteiger partial charge in [0, 0.05) is 22.6 Å². The van der Waals surface area contributed by atoms with Crippen molar-refractivity contribution in [3.05, 3.63) is 21.9 Å². The van der Waals surface area contributed by atoms with E-state index in [2.05, 4.69) is 0 Å². The molecule has 172 valence electrons. The number of aryl methyl sites for hydroxylation is 1. The number of hydrogen-bond acceptors (Lipinski definition) is 6. The number of carbonyl (C=O) groups is 2. The molecule has 0 aliphatic carbocycles. The van der Waals surface area contributed by atoms with Crippen LogP contribution in [0.5, 0.6) is 0 Å². The summed E-state index contributed by atoms with van der Waals surface area (Å²) in [5, 5.41) is 8.64. The number of aliphatic carboxylic acids is 1. The van der Waals surface area contributed by atoms with Crippen molar-refractivity contribution < 1.29 is 41.0 Å². The molecule has 0 fully saturated rings. The third-order valence-electron chi connectivity index (χ3n) is 3.55. The average Bonchev–Trinajstić information content (AvgIpc) is 2.94. The van der Waals surface area contributed by atoms with Crippen LogP contribution in [0.4, 0.5) is 13.2 Å². The van der Waals surface area contributed by atoms with Crippen LogP contribution in [0, 0.1) is 0 Å². The Morgan fingerprint density at radius 3 is 2.30 bits per heavy atom. The van der Waals surface area contributed by atoms with Gasteiger partial charge in [-0.1, -0.05) is 0 Å². The van der Waals surface area contributed by atoms with Crippen LogP contribution in [0.15, 0.2) is 12.1 Å². The van der Waals surface area contributed by atoms with Crippen LogP contribution in [-0.4, -0.2) is 49.0 Å². The van der Waals surface area contributed by atoms with Crippen molar-refractivity contribution in [2.45, 2.75) is 70.7 Å². The number of sulfonamides is 1. The maximum atomic E-state index is 12.5. The molecule has 0 saturated carbocycles. The highest BCUT2D eigenvalue weighted by atomic mass is 32.2. The zero-order chi connectivity index (χ0) is 23.2. The van der Waals surface area contributed by atoms with Crippen LogP contribution in [0.25, 0.3) is 0 Å². The van der Waals surface area contributed by atoms with Crippen molar-refractivity contribution in [3.8, 4) is 0 Å². The Morgan fingerprint density at radius 2 is 1.77 bits per heavy atom. The van der Waals surface area contributed by atoms with E-state index in [1.165, 1.54) is 11.3 Å². The number of ether oxygens (including phenoxy) is 1. The topological polar surface area (TPSA) is 110 Å². The van der Waals surface area contributed by atoms with Gasteiger partial charge in [0.25, 0.3) is 0 Å². The van der Waals surface area contributed by atoms with Gasteiger partial charge >= 0.3 is 18.1 Å². The third kappa shape index (κ3) is 11.5. The van der Waals surface area contributed by atoms with Crippen molar-refractivity contribution in [2.24, 2.45) is 0 Å². The van der Waals surface area contributed by atoms with E-state index in [0.29, 0.717) is 24.1 Å². The Balaban J connectivity index is 2.88. The van der Waals surface area contributed by atoms with Crippen LogP contribution in [0.2, 0.25) is 0 Å². The average molecular weight is 474 g/mol. The Hall–Kier alpha value is -1.66. The van der Waals surface area contributed by atoms with E-state index in [0.717, 1.165) is 4.88 Å². The van der Waals surface area contributed by atoms with Gasteiger partial charge in [-0.3, -0.25) is 9.59 Å². The van der Waals surface area contributed by atoms with Crippen LogP contribution < -0.4 is 4.72 Å². The molecule has 0 unspecified atom stereocenters. The maximum absolute atomic E-state index is 12.5. The lowest BCUT2D eigenvalue weighted by Gasteiger charge is -2.24. The zero-order valence-corrected chi connectivity index (χ0v) is 18.5. The number of carboxylic acids is 1. The molecule has 1 aromatic heterocycles. The Morgan fingerprint density at radius 1 is 1.17 bits per heavy atom. The predicted octanol–water partition coefficient (Wildman–Crippen LogP) is 3.28.